The Kier molecular flexibility index (Phi) is 3.05. The normalized spacial score (nSPS) is 16.0. The van der Waals surface area contributed by atoms with Gasteiger partial charge in [0.1, 0.15) is 0 Å². The lowest BCUT2D eigenvalue weighted by Crippen LogP contribution is -1.92. The number of cyclic esters (lactones) is 1. The fourth-order valence-corrected chi connectivity index (χ4v) is 2.34. The Labute approximate surface area is 120 Å². The van der Waals surface area contributed by atoms with Crippen molar-refractivity contribution in [1.82, 2.24) is 0 Å². The molecule has 0 unspecified atom stereocenters. The van der Waals surface area contributed by atoms with Gasteiger partial charge in [0.15, 0.2) is 5.76 Å². The van der Waals surface area contributed by atoms with Gasteiger partial charge in [0.2, 0.25) is 0 Å². The quantitative estimate of drug-likeness (QED) is 0.719. The first-order valence-corrected chi connectivity index (χ1v) is 6.39. The summed E-state index contributed by atoms with van der Waals surface area (Å²) < 4.78 is 5.25. The number of rotatable bonds is 1. The molecule has 0 aromatic heterocycles. The highest BCUT2D eigenvalue weighted by atomic mass is 35.5. The zero-order valence-electron chi connectivity index (χ0n) is 9.69. The van der Waals surface area contributed by atoms with E-state index in [1.54, 1.807) is 36.4 Å². The van der Waals surface area contributed by atoms with Gasteiger partial charge < -0.3 is 4.74 Å². The van der Waals surface area contributed by atoms with Crippen LogP contribution < -0.4 is 0 Å². The first-order valence-electron chi connectivity index (χ1n) is 5.64. The summed E-state index contributed by atoms with van der Waals surface area (Å²) in [5.41, 5.74) is 2.00. The van der Waals surface area contributed by atoms with Gasteiger partial charge in [-0.05, 0) is 23.8 Å². The van der Waals surface area contributed by atoms with Crippen molar-refractivity contribution in [3.63, 3.8) is 0 Å². The van der Waals surface area contributed by atoms with E-state index in [0.717, 1.165) is 5.56 Å². The third kappa shape index (κ3) is 2.14. The van der Waals surface area contributed by atoms with Gasteiger partial charge in [-0.25, -0.2) is 4.79 Å². The molecular formula is C15H8Cl2O2. The number of esters is 1. The molecule has 3 rings (SSSR count). The summed E-state index contributed by atoms with van der Waals surface area (Å²) in [4.78, 5) is 11.7. The maximum absolute atomic E-state index is 11.7. The van der Waals surface area contributed by atoms with Crippen molar-refractivity contribution in [2.24, 2.45) is 0 Å². The molecule has 0 radical (unpaired) electrons. The summed E-state index contributed by atoms with van der Waals surface area (Å²) >= 11 is 12.2. The zero-order chi connectivity index (χ0) is 13.4. The van der Waals surface area contributed by atoms with Crippen LogP contribution in [0.2, 0.25) is 5.02 Å². The molecule has 0 bridgehead atoms. The molecule has 1 aliphatic rings. The second-order valence-corrected chi connectivity index (χ2v) is 4.90. The second kappa shape index (κ2) is 4.72. The Balaban J connectivity index is 2.14. The van der Waals surface area contributed by atoms with Crippen LogP contribution >= 0.6 is 23.2 Å². The molecule has 0 saturated heterocycles. The van der Waals surface area contributed by atoms with E-state index in [4.69, 9.17) is 27.9 Å². The average molecular weight is 291 g/mol. The number of carbonyl (C=O) groups excluding carboxylic acids is 1. The van der Waals surface area contributed by atoms with E-state index in [1.165, 1.54) is 0 Å². The average Bonchev–Trinajstić information content (AvgIpc) is 2.77. The van der Waals surface area contributed by atoms with Crippen LogP contribution in [-0.4, -0.2) is 5.97 Å². The fraction of sp³-hybridized carbons (Fsp3) is 0. The molecule has 0 aliphatic carbocycles. The van der Waals surface area contributed by atoms with Crippen LogP contribution in [0.25, 0.3) is 10.8 Å². The molecule has 94 valence electrons. The van der Waals surface area contributed by atoms with E-state index >= 15 is 0 Å². The summed E-state index contributed by atoms with van der Waals surface area (Å²) in [5.74, 6) is 0.0160. The first-order chi connectivity index (χ1) is 9.16. The van der Waals surface area contributed by atoms with Crippen molar-refractivity contribution < 1.29 is 9.53 Å². The minimum absolute atomic E-state index is 0.377. The lowest BCUT2D eigenvalue weighted by Gasteiger charge is -2.04. The lowest BCUT2D eigenvalue weighted by molar-refractivity contribution is 0.0717. The number of carbonyl (C=O) groups is 1. The van der Waals surface area contributed by atoms with Gasteiger partial charge in [0.25, 0.3) is 0 Å². The van der Waals surface area contributed by atoms with Gasteiger partial charge in [-0.1, -0.05) is 53.5 Å². The van der Waals surface area contributed by atoms with Crippen LogP contribution in [0.5, 0.6) is 0 Å². The number of hydrogen-bond donors (Lipinski definition) is 0. The molecule has 2 aromatic rings. The van der Waals surface area contributed by atoms with Gasteiger partial charge in [-0.3, -0.25) is 0 Å². The second-order valence-electron chi connectivity index (χ2n) is 4.09. The van der Waals surface area contributed by atoms with Crippen molar-refractivity contribution in [2.75, 3.05) is 0 Å². The summed E-state index contributed by atoms with van der Waals surface area (Å²) in [6, 6.07) is 14.2. The van der Waals surface area contributed by atoms with Crippen LogP contribution in [0.4, 0.5) is 0 Å². The third-order valence-electron chi connectivity index (χ3n) is 2.88. The SMILES string of the molecule is O=C1OC(=C(Cl)c2ccc(Cl)cc2)c2ccccc21. The van der Waals surface area contributed by atoms with Crippen molar-refractivity contribution in [1.29, 1.82) is 0 Å². The molecule has 0 fully saturated rings. The minimum Gasteiger partial charge on any atom is -0.421 e. The van der Waals surface area contributed by atoms with Crippen LogP contribution in [0.15, 0.2) is 48.5 Å². The summed E-state index contributed by atoms with van der Waals surface area (Å²) in [6.07, 6.45) is 0. The number of benzene rings is 2. The Morgan fingerprint density at radius 1 is 0.947 bits per heavy atom. The van der Waals surface area contributed by atoms with E-state index in [-0.39, 0.29) is 5.97 Å². The number of hydrogen-bond acceptors (Lipinski definition) is 2. The van der Waals surface area contributed by atoms with E-state index in [0.29, 0.717) is 26.9 Å². The zero-order valence-corrected chi connectivity index (χ0v) is 11.2. The highest BCUT2D eigenvalue weighted by Crippen LogP contribution is 2.37. The standard InChI is InChI=1S/C15H8Cl2O2/c16-10-7-5-9(6-8-10)13(17)14-11-3-1-2-4-12(11)15(18)19-14/h1-8H. The fourth-order valence-electron chi connectivity index (χ4n) is 1.95. The molecule has 0 N–H and O–H groups in total. The Morgan fingerprint density at radius 3 is 2.26 bits per heavy atom. The third-order valence-corrected chi connectivity index (χ3v) is 3.53. The molecule has 2 aromatic carbocycles. The number of halogens is 2. The van der Waals surface area contributed by atoms with Crippen molar-refractivity contribution >= 4 is 40.0 Å². The summed E-state index contributed by atoms with van der Waals surface area (Å²) in [6.45, 7) is 0. The molecule has 19 heavy (non-hydrogen) atoms. The van der Waals surface area contributed by atoms with Gasteiger partial charge in [0.05, 0.1) is 10.6 Å². The number of ether oxygens (including phenoxy) is 1. The van der Waals surface area contributed by atoms with Gasteiger partial charge in [-0.15, -0.1) is 0 Å². The molecular weight excluding hydrogens is 283 g/mol. The monoisotopic (exact) mass is 290 g/mol. The maximum atomic E-state index is 11.7. The Morgan fingerprint density at radius 2 is 1.58 bits per heavy atom. The van der Waals surface area contributed by atoms with E-state index in [2.05, 4.69) is 0 Å². The molecule has 4 heteroatoms. The van der Waals surface area contributed by atoms with Crippen molar-refractivity contribution in [3.8, 4) is 0 Å². The van der Waals surface area contributed by atoms with Crippen LogP contribution in [-0.2, 0) is 4.74 Å². The van der Waals surface area contributed by atoms with E-state index in [9.17, 15) is 4.79 Å². The minimum atomic E-state index is -0.377. The van der Waals surface area contributed by atoms with Gasteiger partial charge in [0, 0.05) is 10.6 Å². The van der Waals surface area contributed by atoms with Crippen LogP contribution in [0.3, 0.4) is 0 Å². The predicted octanol–water partition coefficient (Wildman–Crippen LogP) is 4.58. The Hall–Kier alpha value is -1.77. The van der Waals surface area contributed by atoms with Crippen molar-refractivity contribution in [3.05, 3.63) is 70.2 Å². The lowest BCUT2D eigenvalue weighted by atomic mass is 10.1. The maximum Gasteiger partial charge on any atom is 0.344 e. The largest absolute Gasteiger partial charge is 0.421 e. The van der Waals surface area contributed by atoms with Gasteiger partial charge in [-0.2, -0.15) is 0 Å². The number of fused-ring (bicyclic) bond motifs is 1. The van der Waals surface area contributed by atoms with Crippen molar-refractivity contribution in [2.45, 2.75) is 0 Å². The molecule has 1 aliphatic heterocycles. The van der Waals surface area contributed by atoms with Crippen LogP contribution in [0.1, 0.15) is 21.5 Å². The molecule has 2 nitrogen and oxygen atoms in total. The first kappa shape index (κ1) is 12.3. The summed E-state index contributed by atoms with van der Waals surface area (Å²) in [5, 5.41) is 1.03. The Bertz CT molecular complexity index is 688. The summed E-state index contributed by atoms with van der Waals surface area (Å²) in [7, 11) is 0. The highest BCUT2D eigenvalue weighted by molar-refractivity contribution is 6.52. The molecule has 1 heterocycles. The van der Waals surface area contributed by atoms with E-state index in [1.807, 2.05) is 12.1 Å². The molecule has 0 atom stereocenters. The van der Waals surface area contributed by atoms with Crippen LogP contribution in [0, 0.1) is 0 Å². The molecule has 0 spiro atoms. The van der Waals surface area contributed by atoms with Gasteiger partial charge >= 0.3 is 5.97 Å². The smallest absolute Gasteiger partial charge is 0.344 e. The predicted molar refractivity (Wildman–Crippen MR) is 76.0 cm³/mol. The highest BCUT2D eigenvalue weighted by Gasteiger charge is 2.28. The molecule has 0 amide bonds. The topological polar surface area (TPSA) is 26.3 Å². The molecule has 0 saturated carbocycles. The van der Waals surface area contributed by atoms with E-state index < -0.39 is 0 Å².